The number of anilines is 1. The zero-order valence-corrected chi connectivity index (χ0v) is 12.0. The summed E-state index contributed by atoms with van der Waals surface area (Å²) in [5, 5.41) is 11.6. The molecule has 1 rings (SSSR count). The number of halogens is 1. The lowest BCUT2D eigenvalue weighted by molar-refractivity contribution is 0.314. The van der Waals surface area contributed by atoms with Gasteiger partial charge in [-0.25, -0.2) is 9.97 Å². The van der Waals surface area contributed by atoms with Gasteiger partial charge in [0.15, 0.2) is 0 Å². The van der Waals surface area contributed by atoms with E-state index in [1.807, 2.05) is 18.7 Å². The van der Waals surface area contributed by atoms with Gasteiger partial charge in [-0.2, -0.15) is 0 Å². The van der Waals surface area contributed by atoms with Crippen molar-refractivity contribution in [3.8, 4) is 0 Å². The van der Waals surface area contributed by atoms with Gasteiger partial charge in [-0.15, -0.1) is 0 Å². The molecule has 0 aliphatic carbocycles. The van der Waals surface area contributed by atoms with E-state index in [2.05, 4.69) is 37.7 Å². The second kappa shape index (κ2) is 6.58. The summed E-state index contributed by atoms with van der Waals surface area (Å²) in [6.07, 6.45) is 3.53. The van der Waals surface area contributed by atoms with Gasteiger partial charge in [-0.1, -0.05) is 12.1 Å². The average molecular weight is 349 g/mol. The van der Waals surface area contributed by atoms with Crippen LogP contribution >= 0.6 is 22.6 Å². The fourth-order valence-electron chi connectivity index (χ4n) is 1.34. The summed E-state index contributed by atoms with van der Waals surface area (Å²) >= 11 is 2.16. The third-order valence-corrected chi connectivity index (χ3v) is 2.94. The minimum atomic E-state index is -0.0529. The minimum Gasteiger partial charge on any atom is -0.409 e. The molecular weight excluding hydrogens is 333 g/mol. The fourth-order valence-corrected chi connectivity index (χ4v) is 1.62. The van der Waals surface area contributed by atoms with E-state index in [4.69, 9.17) is 10.9 Å². The largest absolute Gasteiger partial charge is 0.409 e. The van der Waals surface area contributed by atoms with Crippen molar-refractivity contribution >= 4 is 34.4 Å². The van der Waals surface area contributed by atoms with Gasteiger partial charge >= 0.3 is 0 Å². The molecule has 94 valence electrons. The van der Waals surface area contributed by atoms with Crippen molar-refractivity contribution in [1.29, 1.82) is 0 Å². The first-order valence-corrected chi connectivity index (χ1v) is 6.36. The highest BCUT2D eigenvalue weighted by Crippen LogP contribution is 2.10. The van der Waals surface area contributed by atoms with E-state index in [-0.39, 0.29) is 11.8 Å². The lowest BCUT2D eigenvalue weighted by Gasteiger charge is -2.23. The first-order chi connectivity index (χ1) is 8.08. The molecule has 7 heteroatoms. The summed E-state index contributed by atoms with van der Waals surface area (Å²) in [6, 6.07) is 0. The van der Waals surface area contributed by atoms with Gasteiger partial charge in [0.2, 0.25) is 5.95 Å². The maximum Gasteiger partial charge on any atom is 0.225 e. The molecule has 0 saturated carbocycles. The van der Waals surface area contributed by atoms with Gasteiger partial charge in [-0.05, 0) is 29.5 Å². The van der Waals surface area contributed by atoms with Gasteiger partial charge in [0.1, 0.15) is 5.84 Å². The Labute approximate surface area is 114 Å². The molecule has 0 fully saturated rings. The summed E-state index contributed by atoms with van der Waals surface area (Å²) in [4.78, 5) is 10.5. The van der Waals surface area contributed by atoms with E-state index < -0.39 is 0 Å². The predicted octanol–water partition coefficient (Wildman–Crippen LogP) is 1.29. The van der Waals surface area contributed by atoms with Gasteiger partial charge in [0.05, 0.1) is 0 Å². The molecular formula is C10H16IN5O. The van der Waals surface area contributed by atoms with Crippen LogP contribution in [0.15, 0.2) is 17.5 Å². The van der Waals surface area contributed by atoms with Gasteiger partial charge < -0.3 is 15.8 Å². The maximum absolute atomic E-state index is 8.61. The third-order valence-electron chi connectivity index (χ3n) is 2.39. The normalized spacial score (nSPS) is 13.5. The Balaban J connectivity index is 2.75. The maximum atomic E-state index is 8.61. The van der Waals surface area contributed by atoms with Gasteiger partial charge in [0, 0.05) is 35.0 Å². The molecule has 0 saturated heterocycles. The molecule has 1 aromatic rings. The van der Waals surface area contributed by atoms with Crippen LogP contribution in [0.3, 0.4) is 0 Å². The van der Waals surface area contributed by atoms with Crippen LogP contribution in [0.4, 0.5) is 5.95 Å². The predicted molar refractivity (Wildman–Crippen MR) is 75.2 cm³/mol. The standard InChI is InChI=1S/C10H16IN5O/c1-3-16(6-7(2)9(12)15-17)10-13-4-8(11)5-14-10/h4-5,7,17H,3,6H2,1-2H3,(H2,12,15). The van der Waals surface area contributed by atoms with Crippen LogP contribution in [-0.4, -0.2) is 34.1 Å². The third kappa shape index (κ3) is 3.99. The molecule has 0 radical (unpaired) electrons. The van der Waals surface area contributed by atoms with E-state index in [1.54, 1.807) is 12.4 Å². The quantitative estimate of drug-likeness (QED) is 0.275. The summed E-state index contributed by atoms with van der Waals surface area (Å²) < 4.78 is 0.992. The highest BCUT2D eigenvalue weighted by Gasteiger charge is 2.14. The van der Waals surface area contributed by atoms with Crippen molar-refractivity contribution in [1.82, 2.24) is 9.97 Å². The zero-order chi connectivity index (χ0) is 12.8. The second-order valence-electron chi connectivity index (χ2n) is 3.67. The van der Waals surface area contributed by atoms with E-state index in [0.29, 0.717) is 12.5 Å². The number of amidine groups is 1. The zero-order valence-electron chi connectivity index (χ0n) is 9.84. The Morgan fingerprint density at radius 1 is 1.59 bits per heavy atom. The summed E-state index contributed by atoms with van der Waals surface area (Å²) in [5.41, 5.74) is 5.55. The van der Waals surface area contributed by atoms with Crippen LogP contribution in [0.1, 0.15) is 13.8 Å². The van der Waals surface area contributed by atoms with Crippen LogP contribution in [0, 0.1) is 9.49 Å². The first kappa shape index (κ1) is 13.9. The Hall–Kier alpha value is -1.12. The van der Waals surface area contributed by atoms with Crippen molar-refractivity contribution in [3.63, 3.8) is 0 Å². The average Bonchev–Trinajstić information content (AvgIpc) is 2.35. The van der Waals surface area contributed by atoms with Gasteiger partial charge in [0.25, 0.3) is 0 Å². The number of nitrogens with zero attached hydrogens (tertiary/aromatic N) is 4. The van der Waals surface area contributed by atoms with Crippen molar-refractivity contribution < 1.29 is 5.21 Å². The topological polar surface area (TPSA) is 87.6 Å². The summed E-state index contributed by atoms with van der Waals surface area (Å²) in [7, 11) is 0. The molecule has 1 atom stereocenters. The van der Waals surface area contributed by atoms with Crippen molar-refractivity contribution in [3.05, 3.63) is 16.0 Å². The fraction of sp³-hybridized carbons (Fsp3) is 0.500. The smallest absolute Gasteiger partial charge is 0.225 e. The van der Waals surface area contributed by atoms with Crippen LogP contribution in [-0.2, 0) is 0 Å². The molecule has 0 aliphatic rings. The van der Waals surface area contributed by atoms with Crippen molar-refractivity contribution in [2.75, 3.05) is 18.0 Å². The SMILES string of the molecule is CCN(CC(C)C(N)=NO)c1ncc(I)cn1. The van der Waals surface area contributed by atoms with E-state index in [9.17, 15) is 0 Å². The van der Waals surface area contributed by atoms with E-state index in [0.717, 1.165) is 10.1 Å². The molecule has 1 unspecified atom stereocenters. The summed E-state index contributed by atoms with van der Waals surface area (Å²) in [5.74, 6) is 0.822. The molecule has 0 aliphatic heterocycles. The Bertz CT molecular complexity index is 381. The number of oxime groups is 1. The number of hydrogen-bond acceptors (Lipinski definition) is 5. The number of rotatable bonds is 5. The molecule has 0 bridgehead atoms. The molecule has 0 amide bonds. The number of nitrogens with two attached hydrogens (primary N) is 1. The molecule has 1 heterocycles. The lowest BCUT2D eigenvalue weighted by Crippen LogP contribution is -2.35. The van der Waals surface area contributed by atoms with Crippen LogP contribution in [0.5, 0.6) is 0 Å². The van der Waals surface area contributed by atoms with Crippen LogP contribution < -0.4 is 10.6 Å². The monoisotopic (exact) mass is 349 g/mol. The van der Waals surface area contributed by atoms with Crippen molar-refractivity contribution in [2.24, 2.45) is 16.8 Å². The number of aromatic nitrogens is 2. The lowest BCUT2D eigenvalue weighted by atomic mass is 10.1. The Morgan fingerprint density at radius 2 is 2.18 bits per heavy atom. The van der Waals surface area contributed by atoms with E-state index >= 15 is 0 Å². The molecule has 1 aromatic heterocycles. The first-order valence-electron chi connectivity index (χ1n) is 5.28. The molecule has 0 spiro atoms. The van der Waals surface area contributed by atoms with Gasteiger partial charge in [-0.3, -0.25) is 0 Å². The van der Waals surface area contributed by atoms with Crippen LogP contribution in [0.2, 0.25) is 0 Å². The Kier molecular flexibility index (Phi) is 5.39. The number of hydrogen-bond donors (Lipinski definition) is 2. The molecule has 17 heavy (non-hydrogen) atoms. The van der Waals surface area contributed by atoms with Crippen LogP contribution in [0.25, 0.3) is 0 Å². The Morgan fingerprint density at radius 3 is 2.65 bits per heavy atom. The highest BCUT2D eigenvalue weighted by molar-refractivity contribution is 14.1. The second-order valence-corrected chi connectivity index (χ2v) is 4.91. The minimum absolute atomic E-state index is 0.0529. The molecule has 6 nitrogen and oxygen atoms in total. The summed E-state index contributed by atoms with van der Waals surface area (Å²) in [6.45, 7) is 5.29. The van der Waals surface area contributed by atoms with E-state index in [1.165, 1.54) is 0 Å². The van der Waals surface area contributed by atoms with Crippen molar-refractivity contribution in [2.45, 2.75) is 13.8 Å². The molecule has 3 N–H and O–H groups in total. The highest BCUT2D eigenvalue weighted by atomic mass is 127. The molecule has 0 aromatic carbocycles.